The average molecular weight is 651 g/mol. The Labute approximate surface area is 280 Å². The van der Waals surface area contributed by atoms with E-state index in [0.29, 0.717) is 28.4 Å². The molecule has 0 aliphatic rings. The van der Waals surface area contributed by atoms with Gasteiger partial charge in [0.1, 0.15) is 5.75 Å². The topological polar surface area (TPSA) is 75.6 Å². The molecule has 0 saturated heterocycles. The van der Waals surface area contributed by atoms with Gasteiger partial charge >= 0.3 is 0 Å². The number of carbonyl (C=O) groups is 1. The van der Waals surface area contributed by atoms with Gasteiger partial charge in [0.2, 0.25) is 0 Å². The van der Waals surface area contributed by atoms with Crippen LogP contribution in [0, 0.1) is 5.92 Å². The highest BCUT2D eigenvalue weighted by Crippen LogP contribution is 2.37. The quantitative estimate of drug-likeness (QED) is 0.0991. The van der Waals surface area contributed by atoms with Crippen molar-refractivity contribution in [3.8, 4) is 17.0 Å². The Morgan fingerprint density at radius 1 is 1.11 bits per heavy atom. The number of aromatic nitrogens is 1. The molecular weight excluding hydrogens is 612 g/mol. The SMILES string of the molecule is C=C/C=C\C=C/Cc1ccccc1C(C)(CC(C)C(=C)Nc1nc(-c2cccc(C(=O)Nc3ccc(OC)c(Cl)c3)c2)cs1)N=C. The molecule has 0 bridgehead atoms. The molecule has 2 unspecified atom stereocenters. The van der Waals surface area contributed by atoms with Gasteiger partial charge in [-0.05, 0) is 73.9 Å². The summed E-state index contributed by atoms with van der Waals surface area (Å²) in [6, 6.07) is 20.8. The van der Waals surface area contributed by atoms with Crippen LogP contribution in [0.2, 0.25) is 5.02 Å². The molecule has 0 fully saturated rings. The summed E-state index contributed by atoms with van der Waals surface area (Å²) >= 11 is 7.70. The molecule has 4 aromatic rings. The number of carbonyl (C=O) groups excluding carboxylic acids is 1. The monoisotopic (exact) mass is 650 g/mol. The molecule has 1 heterocycles. The first-order valence-corrected chi connectivity index (χ1v) is 16.1. The van der Waals surface area contributed by atoms with Gasteiger partial charge in [-0.15, -0.1) is 11.3 Å². The predicted octanol–water partition coefficient (Wildman–Crippen LogP) is 10.1. The van der Waals surface area contributed by atoms with Gasteiger partial charge in [0.15, 0.2) is 5.13 Å². The van der Waals surface area contributed by atoms with E-state index in [1.165, 1.54) is 16.9 Å². The Bertz CT molecular complexity index is 1780. The van der Waals surface area contributed by atoms with Gasteiger partial charge in [-0.3, -0.25) is 9.79 Å². The zero-order valence-electron chi connectivity index (χ0n) is 26.4. The third kappa shape index (κ3) is 8.71. The Balaban J connectivity index is 1.42. The summed E-state index contributed by atoms with van der Waals surface area (Å²) in [7, 11) is 1.54. The molecule has 1 amide bonds. The number of thiazole rings is 1. The molecule has 0 saturated carbocycles. The number of aliphatic imine (C=N–C) groups is 1. The fourth-order valence-corrected chi connectivity index (χ4v) is 6.12. The Morgan fingerprint density at radius 3 is 2.65 bits per heavy atom. The van der Waals surface area contributed by atoms with Crippen molar-refractivity contribution < 1.29 is 9.53 Å². The summed E-state index contributed by atoms with van der Waals surface area (Å²) in [5.41, 5.74) is 5.37. The molecule has 4 rings (SSSR count). The lowest BCUT2D eigenvalue weighted by molar-refractivity contribution is 0.102. The van der Waals surface area contributed by atoms with Crippen molar-refractivity contribution in [2.24, 2.45) is 10.9 Å². The number of amides is 1. The Kier molecular flexibility index (Phi) is 11.9. The summed E-state index contributed by atoms with van der Waals surface area (Å²) < 4.78 is 5.19. The summed E-state index contributed by atoms with van der Waals surface area (Å²) in [6.07, 6.45) is 11.3. The van der Waals surface area contributed by atoms with Crippen LogP contribution in [-0.4, -0.2) is 24.7 Å². The second-order valence-corrected chi connectivity index (χ2v) is 12.3. The minimum atomic E-state index is -0.502. The first-order valence-electron chi connectivity index (χ1n) is 14.8. The number of hydrogen-bond acceptors (Lipinski definition) is 6. The molecule has 2 N–H and O–H groups in total. The van der Waals surface area contributed by atoms with E-state index in [-0.39, 0.29) is 11.8 Å². The molecule has 236 valence electrons. The highest BCUT2D eigenvalue weighted by atomic mass is 35.5. The Morgan fingerprint density at radius 2 is 1.91 bits per heavy atom. The van der Waals surface area contributed by atoms with Crippen LogP contribution >= 0.6 is 22.9 Å². The molecule has 0 spiro atoms. The van der Waals surface area contributed by atoms with Crippen molar-refractivity contribution in [2.45, 2.75) is 32.2 Å². The molecule has 2 atom stereocenters. The smallest absolute Gasteiger partial charge is 0.255 e. The maximum Gasteiger partial charge on any atom is 0.255 e. The first kappa shape index (κ1) is 34.2. The van der Waals surface area contributed by atoms with Crippen LogP contribution < -0.4 is 15.4 Å². The fourth-order valence-electron chi connectivity index (χ4n) is 5.11. The van der Waals surface area contributed by atoms with E-state index in [1.54, 1.807) is 37.5 Å². The number of halogens is 1. The van der Waals surface area contributed by atoms with Crippen LogP contribution in [0.4, 0.5) is 10.8 Å². The third-order valence-corrected chi connectivity index (χ3v) is 8.73. The molecule has 0 aliphatic heterocycles. The number of nitrogens with one attached hydrogen (secondary N) is 2. The van der Waals surface area contributed by atoms with Crippen molar-refractivity contribution in [3.05, 3.63) is 143 Å². The van der Waals surface area contributed by atoms with Crippen LogP contribution in [0.15, 0.2) is 126 Å². The molecule has 1 aromatic heterocycles. The van der Waals surface area contributed by atoms with Gasteiger partial charge < -0.3 is 15.4 Å². The van der Waals surface area contributed by atoms with Gasteiger partial charge in [-0.25, -0.2) is 4.98 Å². The molecule has 3 aromatic carbocycles. The number of ether oxygens (including phenoxy) is 1. The molecule has 8 heteroatoms. The van der Waals surface area contributed by atoms with Crippen LogP contribution in [0.5, 0.6) is 5.75 Å². The largest absolute Gasteiger partial charge is 0.495 e. The van der Waals surface area contributed by atoms with Crippen LogP contribution in [0.3, 0.4) is 0 Å². The normalized spacial score (nSPS) is 13.2. The van der Waals surface area contributed by atoms with Gasteiger partial charge in [0, 0.05) is 27.9 Å². The standard InChI is InChI=1S/C38H39ClN4O2S/c1-7-8-9-10-11-15-28-16-12-13-19-32(28)38(4,40-5)24-26(2)27(3)41-37-43-34(25-46-37)29-17-14-18-30(22-29)36(44)42-31-20-21-35(45-6)33(39)23-31/h7-14,16-23,25-26H,1,3,5,15,24H2,2,4,6H3,(H,41,43)(H,42,44)/b9-8-,11-10-. The summed E-state index contributed by atoms with van der Waals surface area (Å²) in [5.74, 6) is 0.362. The minimum Gasteiger partial charge on any atom is -0.495 e. The van der Waals surface area contributed by atoms with E-state index >= 15 is 0 Å². The number of allylic oxidation sites excluding steroid dienone is 6. The lowest BCUT2D eigenvalue weighted by atomic mass is 9.80. The molecule has 0 aliphatic carbocycles. The van der Waals surface area contributed by atoms with Gasteiger partial charge in [-0.2, -0.15) is 0 Å². The first-order chi connectivity index (χ1) is 22.2. The van der Waals surface area contributed by atoms with Crippen molar-refractivity contribution in [2.75, 3.05) is 17.7 Å². The second kappa shape index (κ2) is 16.0. The van der Waals surface area contributed by atoms with Crippen molar-refractivity contribution in [1.29, 1.82) is 0 Å². The maximum absolute atomic E-state index is 13.0. The van der Waals surface area contributed by atoms with E-state index in [4.69, 9.17) is 21.3 Å². The molecular formula is C38H39ClN4O2S. The average Bonchev–Trinajstić information content (AvgIpc) is 3.53. The third-order valence-electron chi connectivity index (χ3n) is 7.68. The van der Waals surface area contributed by atoms with E-state index in [2.05, 4.69) is 73.6 Å². The van der Waals surface area contributed by atoms with Crippen LogP contribution in [0.25, 0.3) is 11.3 Å². The maximum atomic E-state index is 13.0. The van der Waals surface area contributed by atoms with Crippen LogP contribution in [0.1, 0.15) is 41.8 Å². The van der Waals surface area contributed by atoms with E-state index < -0.39 is 5.54 Å². The van der Waals surface area contributed by atoms with E-state index in [0.717, 1.165) is 34.1 Å². The minimum absolute atomic E-state index is 0.0699. The van der Waals surface area contributed by atoms with Gasteiger partial charge in [0.25, 0.3) is 5.91 Å². The number of methoxy groups -OCH3 is 1. The van der Waals surface area contributed by atoms with Crippen LogP contribution in [-0.2, 0) is 12.0 Å². The van der Waals surface area contributed by atoms with Gasteiger partial charge in [-0.1, -0.05) is 98.5 Å². The summed E-state index contributed by atoms with van der Waals surface area (Å²) in [4.78, 5) is 22.4. The number of benzene rings is 3. The van der Waals surface area contributed by atoms with E-state index in [1.807, 2.05) is 47.9 Å². The number of hydrogen-bond donors (Lipinski definition) is 2. The summed E-state index contributed by atoms with van der Waals surface area (Å²) in [5, 5.41) is 9.40. The molecule has 6 nitrogen and oxygen atoms in total. The summed E-state index contributed by atoms with van der Waals surface area (Å²) in [6.45, 7) is 16.3. The Hall–Kier alpha value is -4.72. The predicted molar refractivity (Wildman–Crippen MR) is 196 cm³/mol. The molecule has 0 radical (unpaired) electrons. The zero-order chi connectivity index (χ0) is 33.1. The van der Waals surface area contributed by atoms with Gasteiger partial charge in [0.05, 0.1) is 23.4 Å². The highest BCUT2D eigenvalue weighted by Gasteiger charge is 2.30. The van der Waals surface area contributed by atoms with E-state index in [9.17, 15) is 4.79 Å². The second-order valence-electron chi connectivity index (χ2n) is 11.0. The van der Waals surface area contributed by atoms with Crippen molar-refractivity contribution in [3.63, 3.8) is 0 Å². The zero-order valence-corrected chi connectivity index (χ0v) is 28.0. The van der Waals surface area contributed by atoms with Crippen molar-refractivity contribution in [1.82, 2.24) is 4.98 Å². The number of rotatable bonds is 15. The number of nitrogens with zero attached hydrogens (tertiary/aromatic N) is 2. The lowest BCUT2D eigenvalue weighted by Crippen LogP contribution is -2.25. The van der Waals surface area contributed by atoms with Crippen molar-refractivity contribution >= 4 is 46.4 Å². The lowest BCUT2D eigenvalue weighted by Gasteiger charge is -2.31. The highest BCUT2D eigenvalue weighted by molar-refractivity contribution is 7.14. The number of anilines is 2. The fraction of sp³-hybridized carbons (Fsp3) is 0.184. The molecule has 46 heavy (non-hydrogen) atoms.